The van der Waals surface area contributed by atoms with Gasteiger partial charge in [-0.25, -0.2) is 0 Å². The molecule has 0 fully saturated rings. The van der Waals surface area contributed by atoms with Crippen LogP contribution in [-0.4, -0.2) is 0 Å². The third-order valence-corrected chi connectivity index (χ3v) is 0. The van der Waals surface area contributed by atoms with E-state index in [1.807, 2.05) is 0 Å². The molecule has 0 aliphatic rings. The molecule has 0 saturated heterocycles. The van der Waals surface area contributed by atoms with Crippen LogP contribution in [0.15, 0.2) is 0 Å². The number of hydrogen-bond acceptors (Lipinski definition) is 0. The van der Waals surface area contributed by atoms with Gasteiger partial charge in [-0.2, -0.15) is 0 Å². The molecule has 0 rings (SSSR count). The van der Waals surface area contributed by atoms with Crippen LogP contribution < -0.4 is 0 Å². The maximum absolute atomic E-state index is 5.02. The van der Waals surface area contributed by atoms with Crippen molar-refractivity contribution in [3.05, 3.63) is 0 Å². The quantitative estimate of drug-likeness (QED) is 0.565. The molecular weight excluding hydrogens is 381 g/mol. The molecule has 0 aromatic heterocycles. The third-order valence-electron chi connectivity index (χ3n) is 0. The van der Waals surface area contributed by atoms with Gasteiger partial charge in [0.1, 0.15) is 0 Å². The van der Waals surface area contributed by atoms with Crippen LogP contribution in [-0.2, 0) is 13.1 Å². The zero-order valence-corrected chi connectivity index (χ0v) is 10.6. The molecule has 7 heteroatoms. The monoisotopic (exact) mass is 378 g/mol. The van der Waals surface area contributed by atoms with Gasteiger partial charge in [0, 0.05) is 0 Å². The molecule has 0 amide bonds. The summed E-state index contributed by atoms with van der Waals surface area (Å²) in [7, 11) is 9.34. The number of rotatable bonds is 0. The Balaban J connectivity index is 0. The van der Waals surface area contributed by atoms with Crippen molar-refractivity contribution in [3.8, 4) is 0 Å². The van der Waals surface area contributed by atoms with Crippen molar-refractivity contribution in [2.75, 3.05) is 0 Å². The van der Waals surface area contributed by atoms with Crippen molar-refractivity contribution in [3.63, 3.8) is 0 Å². The van der Waals surface area contributed by atoms with Crippen LogP contribution in [0.4, 0.5) is 0 Å². The van der Waals surface area contributed by atoms with Gasteiger partial charge in [-0.15, -0.1) is 0 Å². The first-order valence-corrected chi connectivity index (χ1v) is 15.2. The predicted octanol–water partition coefficient (Wildman–Crippen LogP) is 3.45. The summed E-state index contributed by atoms with van der Waals surface area (Å²) < 4.78 is 0. The van der Waals surface area contributed by atoms with E-state index in [1.165, 1.54) is 0 Å². The molecule has 0 nitrogen and oxygen atoms in total. The third kappa shape index (κ3) is 45.0. The standard InChI is InChI=1S/Ce.5ClH.Cu/h;5*1H;/q+3;;;;;;+2/p-5. The Morgan fingerprint density at radius 2 is 1.00 bits per heavy atom. The van der Waals surface area contributed by atoms with E-state index in [2.05, 4.69) is 20.2 Å². The van der Waals surface area contributed by atoms with Crippen molar-refractivity contribution >= 4 is 37.1 Å². The van der Waals surface area contributed by atoms with Crippen LogP contribution in [0, 0.1) is 30.7 Å². The fourth-order valence-electron chi connectivity index (χ4n) is 0. The van der Waals surface area contributed by atoms with E-state index >= 15 is 0 Å². The SMILES string of the molecule is [Cl][Ce]([Cl])[Cl].[Cl][Cu][Cl]. The van der Waals surface area contributed by atoms with Gasteiger partial charge in [0.25, 0.3) is 0 Å². The molecule has 0 aromatic carbocycles. The van der Waals surface area contributed by atoms with E-state index in [0.717, 1.165) is 13.1 Å². The number of halogens is 5. The Morgan fingerprint density at radius 1 is 1.00 bits per heavy atom. The molecule has 0 atom stereocenters. The zero-order chi connectivity index (χ0) is 6.28. The Morgan fingerprint density at radius 3 is 1.00 bits per heavy atom. The fraction of sp³-hybridized carbons (Fsp3) is 0. The molecular formula is CeCl5Cu. The fourth-order valence-corrected chi connectivity index (χ4v) is 0. The van der Waals surface area contributed by atoms with Gasteiger partial charge >= 0.3 is 80.9 Å². The van der Waals surface area contributed by atoms with Crippen molar-refractivity contribution in [2.24, 2.45) is 0 Å². The van der Waals surface area contributed by atoms with Crippen LogP contribution in [0.5, 0.6) is 0 Å². The summed E-state index contributed by atoms with van der Waals surface area (Å²) in [5.74, 6) is 0. The molecule has 0 unspecified atom stereocenters. The first kappa shape index (κ1) is 13.0. The van der Waals surface area contributed by atoms with Gasteiger partial charge in [0.05, 0.1) is 0 Å². The first-order valence-electron chi connectivity index (χ1n) is 0.795. The van der Waals surface area contributed by atoms with Gasteiger partial charge in [-0.3, -0.25) is 0 Å². The molecule has 0 aliphatic heterocycles. The summed E-state index contributed by atoms with van der Waals surface area (Å²) in [6.07, 6.45) is 0. The molecule has 0 aliphatic carbocycles. The second-order valence-electron chi connectivity index (χ2n) is 0.257. The molecule has 0 bridgehead atoms. The Labute approximate surface area is 78.6 Å². The molecule has 50 valence electrons. The molecule has 0 heterocycles. The summed E-state index contributed by atoms with van der Waals surface area (Å²) in [5, 5.41) is 0. The van der Waals surface area contributed by atoms with Crippen LogP contribution >= 0.6 is 37.1 Å². The minimum atomic E-state index is -2.24. The summed E-state index contributed by atoms with van der Waals surface area (Å²) in [6, 6.07) is 0. The van der Waals surface area contributed by atoms with Crippen molar-refractivity contribution in [1.82, 2.24) is 0 Å². The van der Waals surface area contributed by atoms with E-state index in [0.29, 0.717) is 0 Å². The first-order chi connectivity index (χ1) is 3.15. The molecule has 7 heavy (non-hydrogen) atoms. The molecule has 0 N–H and O–H groups in total. The Bertz CT molecular complexity index is 19.3. The van der Waals surface area contributed by atoms with E-state index in [9.17, 15) is 0 Å². The van der Waals surface area contributed by atoms with Crippen LogP contribution in [0.1, 0.15) is 0 Å². The van der Waals surface area contributed by atoms with Crippen LogP contribution in [0.25, 0.3) is 0 Å². The maximum atomic E-state index is 5.02. The normalized spacial score (nSPS) is 7.00. The second kappa shape index (κ2) is 12.1. The second-order valence-corrected chi connectivity index (χ2v) is 15.6. The summed E-state index contributed by atoms with van der Waals surface area (Å²) in [5.41, 5.74) is 15.1. The zero-order valence-electron chi connectivity index (χ0n) is 2.69. The average molecular weight is 381 g/mol. The summed E-state index contributed by atoms with van der Waals surface area (Å²) in [6.45, 7) is 0. The molecule has 0 radical (unpaired) electrons. The Kier molecular flexibility index (Phi) is 22.4. The minimum absolute atomic E-state index is 0.757. The van der Waals surface area contributed by atoms with Gasteiger partial charge in [-0.05, 0) is 0 Å². The van der Waals surface area contributed by atoms with Gasteiger partial charge in [-0.1, -0.05) is 0 Å². The van der Waals surface area contributed by atoms with Crippen molar-refractivity contribution < 1.29 is 43.8 Å². The van der Waals surface area contributed by atoms with E-state index < -0.39 is 30.7 Å². The topological polar surface area (TPSA) is 0 Å². The van der Waals surface area contributed by atoms with Crippen LogP contribution in [0.3, 0.4) is 0 Å². The predicted molar refractivity (Wildman–Crippen MR) is 29.3 cm³/mol. The van der Waals surface area contributed by atoms with E-state index in [-0.39, 0.29) is 0 Å². The molecule has 0 spiro atoms. The molecule has 0 saturated carbocycles. The summed E-state index contributed by atoms with van der Waals surface area (Å²) in [4.78, 5) is 0. The van der Waals surface area contributed by atoms with Crippen molar-refractivity contribution in [1.29, 1.82) is 0 Å². The van der Waals surface area contributed by atoms with E-state index in [4.69, 9.17) is 16.9 Å². The van der Waals surface area contributed by atoms with Gasteiger partial charge in [0.15, 0.2) is 0 Å². The number of hydrogen-bond donors (Lipinski definition) is 0. The van der Waals surface area contributed by atoms with Crippen LogP contribution in [0.2, 0.25) is 0 Å². The average Bonchev–Trinajstić information content (AvgIpc) is 1.33. The molecule has 0 aromatic rings. The summed E-state index contributed by atoms with van der Waals surface area (Å²) >= 11 is -1.48. The van der Waals surface area contributed by atoms with Crippen molar-refractivity contribution in [2.45, 2.75) is 0 Å². The van der Waals surface area contributed by atoms with Gasteiger partial charge < -0.3 is 0 Å². The van der Waals surface area contributed by atoms with E-state index in [1.54, 1.807) is 0 Å². The van der Waals surface area contributed by atoms with Gasteiger partial charge in [0.2, 0.25) is 0 Å². The Hall–Kier alpha value is 3.35.